The molecule has 5 nitrogen and oxygen atoms in total. The number of carbonyl (C=O) groups excluding carboxylic acids is 1. The Bertz CT molecular complexity index is 439. The van der Waals surface area contributed by atoms with Crippen LogP contribution in [0.2, 0.25) is 0 Å². The lowest BCUT2D eigenvalue weighted by Gasteiger charge is -2.31. The van der Waals surface area contributed by atoms with Crippen molar-refractivity contribution in [3.63, 3.8) is 0 Å². The highest BCUT2D eigenvalue weighted by Gasteiger charge is 2.52. The number of carboxylic acid groups (broad SMARTS) is 1. The molecule has 0 radical (unpaired) electrons. The van der Waals surface area contributed by atoms with Crippen LogP contribution in [0.4, 0.5) is 13.2 Å². The van der Waals surface area contributed by atoms with Crippen LogP contribution >= 0.6 is 12.4 Å². The molecule has 9 heteroatoms. The molecule has 2 atom stereocenters. The molecule has 2 fully saturated rings. The normalized spacial score (nSPS) is 26.9. The third-order valence-electron chi connectivity index (χ3n) is 4.63. The van der Waals surface area contributed by atoms with Crippen LogP contribution in [0.25, 0.3) is 0 Å². The zero-order valence-corrected chi connectivity index (χ0v) is 13.7. The summed E-state index contributed by atoms with van der Waals surface area (Å²) in [6, 6.07) is 0. The summed E-state index contributed by atoms with van der Waals surface area (Å²) < 4.78 is 38.7. The second-order valence-corrected chi connectivity index (χ2v) is 6.35. The van der Waals surface area contributed by atoms with E-state index in [0.29, 0.717) is 19.0 Å². The van der Waals surface area contributed by atoms with Gasteiger partial charge in [0.05, 0.1) is 18.4 Å². The fourth-order valence-corrected chi connectivity index (χ4v) is 3.15. The minimum absolute atomic E-state index is 0. The van der Waals surface area contributed by atoms with Crippen molar-refractivity contribution in [1.82, 2.24) is 9.80 Å². The molecule has 0 aromatic heterocycles. The predicted molar refractivity (Wildman–Crippen MR) is 79.3 cm³/mol. The Morgan fingerprint density at radius 1 is 1.17 bits per heavy atom. The van der Waals surface area contributed by atoms with E-state index in [1.807, 2.05) is 0 Å². The van der Waals surface area contributed by atoms with E-state index in [1.165, 1.54) is 4.90 Å². The average molecular weight is 359 g/mol. The van der Waals surface area contributed by atoms with Crippen molar-refractivity contribution >= 4 is 24.3 Å². The first kappa shape index (κ1) is 20.0. The molecule has 2 saturated heterocycles. The maximum absolute atomic E-state index is 12.9. The fourth-order valence-electron chi connectivity index (χ4n) is 3.15. The van der Waals surface area contributed by atoms with Crippen molar-refractivity contribution in [2.45, 2.75) is 25.9 Å². The summed E-state index contributed by atoms with van der Waals surface area (Å²) in [5, 5.41) is 8.95. The number of rotatable bonds is 3. The van der Waals surface area contributed by atoms with Gasteiger partial charge in [-0.05, 0) is 18.8 Å². The molecule has 2 aliphatic heterocycles. The molecular formula is C14H22ClF3N2O3. The molecule has 2 heterocycles. The quantitative estimate of drug-likeness (QED) is 0.836. The van der Waals surface area contributed by atoms with Gasteiger partial charge in [-0.15, -0.1) is 12.4 Å². The molecular weight excluding hydrogens is 337 g/mol. The lowest BCUT2D eigenvalue weighted by Crippen LogP contribution is -2.43. The Morgan fingerprint density at radius 2 is 1.74 bits per heavy atom. The summed E-state index contributed by atoms with van der Waals surface area (Å²) in [5.41, 5.74) is 0. The van der Waals surface area contributed by atoms with Crippen molar-refractivity contribution in [3.8, 4) is 0 Å². The standard InChI is InChI=1S/C14H21F3N2O3.ClH/c1-9-2-4-19(5-3-9)12(20)8-18-6-10(13(21)22)11(7-18)14(15,16)17;/h9-11H,2-8H2,1H3,(H,21,22);1H/t10-,11-;/m1./s1. The number of alkyl halides is 3. The average Bonchev–Trinajstić information content (AvgIpc) is 2.83. The van der Waals surface area contributed by atoms with E-state index >= 15 is 0 Å². The van der Waals surface area contributed by atoms with Gasteiger partial charge in [0.25, 0.3) is 0 Å². The minimum Gasteiger partial charge on any atom is -0.481 e. The molecule has 0 aromatic rings. The lowest BCUT2D eigenvalue weighted by atomic mass is 9.96. The van der Waals surface area contributed by atoms with Gasteiger partial charge in [0, 0.05) is 26.2 Å². The molecule has 0 aliphatic carbocycles. The van der Waals surface area contributed by atoms with Crippen molar-refractivity contribution in [2.75, 3.05) is 32.7 Å². The number of aliphatic carboxylic acids is 1. The Kier molecular flexibility index (Phi) is 6.70. The first-order valence-corrected chi connectivity index (χ1v) is 7.48. The maximum atomic E-state index is 12.9. The number of likely N-dealkylation sites (tertiary alicyclic amines) is 2. The van der Waals surface area contributed by atoms with Crippen LogP contribution in [0.3, 0.4) is 0 Å². The van der Waals surface area contributed by atoms with Crippen molar-refractivity contribution in [3.05, 3.63) is 0 Å². The van der Waals surface area contributed by atoms with E-state index in [0.717, 1.165) is 12.8 Å². The molecule has 0 spiro atoms. The van der Waals surface area contributed by atoms with Gasteiger partial charge in [0.2, 0.25) is 5.91 Å². The zero-order chi connectivity index (χ0) is 16.5. The van der Waals surface area contributed by atoms with E-state index in [1.54, 1.807) is 4.90 Å². The number of halogens is 4. The third kappa shape index (κ3) is 4.97. The van der Waals surface area contributed by atoms with Crippen molar-refractivity contribution < 1.29 is 27.9 Å². The van der Waals surface area contributed by atoms with Crippen molar-refractivity contribution in [2.24, 2.45) is 17.8 Å². The predicted octanol–water partition coefficient (Wildman–Crippen LogP) is 1.86. The highest BCUT2D eigenvalue weighted by atomic mass is 35.5. The second kappa shape index (κ2) is 7.70. The maximum Gasteiger partial charge on any atom is 0.393 e. The summed E-state index contributed by atoms with van der Waals surface area (Å²) in [6.45, 7) is 2.57. The number of amides is 1. The molecule has 0 aromatic carbocycles. The SMILES string of the molecule is CC1CCN(C(=O)CN2C[C@@H](C(F)(F)F)[C@H](C(=O)O)C2)CC1.Cl. The summed E-state index contributed by atoms with van der Waals surface area (Å²) in [7, 11) is 0. The highest BCUT2D eigenvalue weighted by molar-refractivity contribution is 5.85. The van der Waals surface area contributed by atoms with Crippen LogP contribution in [0.5, 0.6) is 0 Å². The van der Waals surface area contributed by atoms with Gasteiger partial charge in [-0.2, -0.15) is 13.2 Å². The van der Waals surface area contributed by atoms with Gasteiger partial charge in [-0.1, -0.05) is 6.92 Å². The molecule has 1 N–H and O–H groups in total. The zero-order valence-electron chi connectivity index (χ0n) is 12.9. The van der Waals surface area contributed by atoms with Crippen LogP contribution < -0.4 is 0 Å². The fraction of sp³-hybridized carbons (Fsp3) is 0.857. The van der Waals surface area contributed by atoms with E-state index in [4.69, 9.17) is 5.11 Å². The van der Waals surface area contributed by atoms with E-state index in [-0.39, 0.29) is 31.4 Å². The van der Waals surface area contributed by atoms with Crippen molar-refractivity contribution in [1.29, 1.82) is 0 Å². The summed E-state index contributed by atoms with van der Waals surface area (Å²) >= 11 is 0. The van der Waals surface area contributed by atoms with Crippen LogP contribution in [0.15, 0.2) is 0 Å². The van der Waals surface area contributed by atoms with E-state index in [2.05, 4.69) is 6.92 Å². The molecule has 2 rings (SSSR count). The number of carbonyl (C=O) groups is 2. The summed E-state index contributed by atoms with van der Waals surface area (Å²) in [6.07, 6.45) is -2.76. The number of nitrogens with zero attached hydrogens (tertiary/aromatic N) is 2. The molecule has 0 saturated carbocycles. The smallest absolute Gasteiger partial charge is 0.393 e. The van der Waals surface area contributed by atoms with Crippen LogP contribution in [0.1, 0.15) is 19.8 Å². The first-order chi connectivity index (χ1) is 10.2. The lowest BCUT2D eigenvalue weighted by molar-refractivity contribution is -0.188. The second-order valence-electron chi connectivity index (χ2n) is 6.35. The topological polar surface area (TPSA) is 60.9 Å². The Labute approximate surface area is 139 Å². The minimum atomic E-state index is -4.55. The summed E-state index contributed by atoms with van der Waals surface area (Å²) in [5.74, 6) is -4.50. The third-order valence-corrected chi connectivity index (χ3v) is 4.63. The number of hydrogen-bond donors (Lipinski definition) is 1. The van der Waals surface area contributed by atoms with E-state index < -0.39 is 30.5 Å². The molecule has 23 heavy (non-hydrogen) atoms. The molecule has 134 valence electrons. The van der Waals surface area contributed by atoms with Crippen LogP contribution in [0, 0.1) is 17.8 Å². The molecule has 0 bridgehead atoms. The number of piperidine rings is 1. The Balaban J connectivity index is 0.00000264. The Morgan fingerprint density at radius 3 is 2.17 bits per heavy atom. The molecule has 1 amide bonds. The van der Waals surface area contributed by atoms with E-state index in [9.17, 15) is 22.8 Å². The first-order valence-electron chi connectivity index (χ1n) is 7.48. The van der Waals surface area contributed by atoms with Gasteiger partial charge in [-0.3, -0.25) is 14.5 Å². The van der Waals surface area contributed by atoms with Gasteiger partial charge < -0.3 is 10.0 Å². The number of hydrogen-bond acceptors (Lipinski definition) is 3. The Hall–Kier alpha value is -1.02. The number of carboxylic acids is 1. The summed E-state index contributed by atoms with van der Waals surface area (Å²) in [4.78, 5) is 26.1. The largest absolute Gasteiger partial charge is 0.481 e. The van der Waals surface area contributed by atoms with Gasteiger partial charge in [-0.25, -0.2) is 0 Å². The van der Waals surface area contributed by atoms with Crippen LogP contribution in [-0.2, 0) is 9.59 Å². The van der Waals surface area contributed by atoms with Gasteiger partial charge in [0.15, 0.2) is 0 Å². The van der Waals surface area contributed by atoms with Crippen LogP contribution in [-0.4, -0.2) is 65.7 Å². The van der Waals surface area contributed by atoms with Gasteiger partial charge in [0.1, 0.15) is 0 Å². The monoisotopic (exact) mass is 358 g/mol. The molecule has 2 aliphatic rings. The highest BCUT2D eigenvalue weighted by Crippen LogP contribution is 2.37. The van der Waals surface area contributed by atoms with Gasteiger partial charge >= 0.3 is 12.1 Å². The molecule has 0 unspecified atom stereocenters.